The second-order valence-electron chi connectivity index (χ2n) is 5.22. The first-order valence-electron chi connectivity index (χ1n) is 7.07. The van der Waals surface area contributed by atoms with E-state index < -0.39 is 0 Å². The van der Waals surface area contributed by atoms with Crippen molar-refractivity contribution in [3.63, 3.8) is 0 Å². The van der Waals surface area contributed by atoms with Crippen LogP contribution in [0.1, 0.15) is 12.5 Å². The number of rotatable bonds is 4. The minimum absolute atomic E-state index is 0.0154. The summed E-state index contributed by atoms with van der Waals surface area (Å²) in [5, 5.41) is 5.80. The van der Waals surface area contributed by atoms with Crippen molar-refractivity contribution < 1.29 is 14.0 Å². The van der Waals surface area contributed by atoms with Gasteiger partial charge in [-0.2, -0.15) is 0 Å². The lowest BCUT2D eigenvalue weighted by Gasteiger charge is -2.34. The highest BCUT2D eigenvalue weighted by molar-refractivity contribution is 5.85. The van der Waals surface area contributed by atoms with Gasteiger partial charge in [0.25, 0.3) is 0 Å². The fraction of sp³-hybridized carbons (Fsp3) is 0.467. The van der Waals surface area contributed by atoms with Gasteiger partial charge in [-0.05, 0) is 24.6 Å². The predicted molar refractivity (Wildman–Crippen MR) is 77.2 cm³/mol. The van der Waals surface area contributed by atoms with E-state index in [4.69, 9.17) is 0 Å². The molecule has 2 amide bonds. The molecule has 21 heavy (non-hydrogen) atoms. The molecule has 6 heteroatoms. The number of amides is 2. The van der Waals surface area contributed by atoms with Crippen LogP contribution in [0.4, 0.5) is 4.39 Å². The smallest absolute Gasteiger partial charge is 0.242 e. The maximum absolute atomic E-state index is 13.0. The fourth-order valence-electron chi connectivity index (χ4n) is 2.38. The van der Waals surface area contributed by atoms with E-state index in [-0.39, 0.29) is 36.6 Å². The highest BCUT2D eigenvalue weighted by Gasteiger charge is 2.22. The minimum Gasteiger partial charge on any atom is -0.347 e. The van der Waals surface area contributed by atoms with Crippen LogP contribution in [0.2, 0.25) is 0 Å². The van der Waals surface area contributed by atoms with E-state index in [0.717, 1.165) is 13.1 Å². The van der Waals surface area contributed by atoms with Crippen LogP contribution >= 0.6 is 0 Å². The molecular formula is C15H20FN3O2. The van der Waals surface area contributed by atoms with E-state index in [1.807, 2.05) is 6.92 Å². The first kappa shape index (κ1) is 15.4. The van der Waals surface area contributed by atoms with E-state index in [9.17, 15) is 14.0 Å². The Morgan fingerprint density at radius 3 is 3.00 bits per heavy atom. The summed E-state index contributed by atoms with van der Waals surface area (Å²) in [4.78, 5) is 25.6. The molecule has 0 aliphatic carbocycles. The number of halogens is 1. The summed E-state index contributed by atoms with van der Waals surface area (Å²) in [6.45, 7) is 4.15. The van der Waals surface area contributed by atoms with E-state index >= 15 is 0 Å². The van der Waals surface area contributed by atoms with Crippen LogP contribution in [0.3, 0.4) is 0 Å². The molecule has 1 heterocycles. The van der Waals surface area contributed by atoms with Gasteiger partial charge in [0.05, 0.1) is 13.0 Å². The van der Waals surface area contributed by atoms with Gasteiger partial charge < -0.3 is 15.5 Å². The van der Waals surface area contributed by atoms with Crippen molar-refractivity contribution in [3.05, 3.63) is 35.6 Å². The lowest BCUT2D eigenvalue weighted by Crippen LogP contribution is -2.54. The third-order valence-corrected chi connectivity index (χ3v) is 3.51. The number of benzene rings is 1. The van der Waals surface area contributed by atoms with Crippen LogP contribution in [0.5, 0.6) is 0 Å². The Kier molecular flexibility index (Phi) is 5.27. The van der Waals surface area contributed by atoms with Crippen molar-refractivity contribution in [2.24, 2.45) is 0 Å². The van der Waals surface area contributed by atoms with Crippen molar-refractivity contribution in [1.82, 2.24) is 15.5 Å². The van der Waals surface area contributed by atoms with E-state index in [0.29, 0.717) is 12.1 Å². The van der Waals surface area contributed by atoms with Gasteiger partial charge in [-0.15, -0.1) is 0 Å². The first-order chi connectivity index (χ1) is 10.1. The monoisotopic (exact) mass is 293 g/mol. The molecule has 0 radical (unpaired) electrons. The van der Waals surface area contributed by atoms with Crippen LogP contribution in [0, 0.1) is 5.82 Å². The van der Waals surface area contributed by atoms with Crippen LogP contribution in [-0.4, -0.2) is 48.9 Å². The van der Waals surface area contributed by atoms with Crippen LogP contribution in [0.15, 0.2) is 24.3 Å². The molecule has 1 aromatic carbocycles. The maximum atomic E-state index is 13.0. The highest BCUT2D eigenvalue weighted by Crippen LogP contribution is 2.05. The maximum Gasteiger partial charge on any atom is 0.242 e. The van der Waals surface area contributed by atoms with Gasteiger partial charge in [0, 0.05) is 25.7 Å². The largest absolute Gasteiger partial charge is 0.347 e. The SMILES string of the molecule is CC1CNCCN1C(=O)CNC(=O)Cc1cccc(F)c1. The summed E-state index contributed by atoms with van der Waals surface area (Å²) in [6.07, 6.45) is 0.0716. The molecule has 1 saturated heterocycles. The summed E-state index contributed by atoms with van der Waals surface area (Å²) < 4.78 is 13.0. The molecule has 1 aliphatic heterocycles. The Labute approximate surface area is 123 Å². The summed E-state index contributed by atoms with van der Waals surface area (Å²) >= 11 is 0. The Morgan fingerprint density at radius 1 is 1.48 bits per heavy atom. The zero-order valence-electron chi connectivity index (χ0n) is 12.1. The van der Waals surface area contributed by atoms with Gasteiger partial charge in [0.2, 0.25) is 11.8 Å². The molecule has 0 bridgehead atoms. The molecule has 1 atom stereocenters. The van der Waals surface area contributed by atoms with Crippen LogP contribution in [-0.2, 0) is 16.0 Å². The number of carbonyl (C=O) groups excluding carboxylic acids is 2. The third-order valence-electron chi connectivity index (χ3n) is 3.51. The Morgan fingerprint density at radius 2 is 2.29 bits per heavy atom. The van der Waals surface area contributed by atoms with Gasteiger partial charge >= 0.3 is 0 Å². The number of nitrogens with zero attached hydrogens (tertiary/aromatic N) is 1. The average molecular weight is 293 g/mol. The Bertz CT molecular complexity index is 521. The second-order valence-corrected chi connectivity index (χ2v) is 5.22. The van der Waals surface area contributed by atoms with E-state index in [2.05, 4.69) is 10.6 Å². The average Bonchev–Trinajstić information content (AvgIpc) is 2.45. The molecule has 0 spiro atoms. The standard InChI is InChI=1S/C15H20FN3O2/c1-11-9-17-5-6-19(11)15(21)10-18-14(20)8-12-3-2-4-13(16)7-12/h2-4,7,11,17H,5-6,8-10H2,1H3,(H,18,20). The van der Waals surface area contributed by atoms with Gasteiger partial charge in [-0.25, -0.2) is 4.39 Å². The molecular weight excluding hydrogens is 273 g/mol. The van der Waals surface area contributed by atoms with Crippen molar-refractivity contribution in [2.75, 3.05) is 26.2 Å². The van der Waals surface area contributed by atoms with Gasteiger partial charge in [-0.3, -0.25) is 9.59 Å². The summed E-state index contributed by atoms with van der Waals surface area (Å²) in [6, 6.07) is 6.02. The second kappa shape index (κ2) is 7.17. The summed E-state index contributed by atoms with van der Waals surface area (Å²) in [5.41, 5.74) is 0.593. The molecule has 1 aliphatic rings. The molecule has 0 aromatic heterocycles. The number of hydrogen-bond donors (Lipinski definition) is 2. The molecule has 0 saturated carbocycles. The predicted octanol–water partition coefficient (Wildman–Crippen LogP) is 0.305. The number of nitrogens with one attached hydrogen (secondary N) is 2. The number of hydrogen-bond acceptors (Lipinski definition) is 3. The number of piperazine rings is 1. The summed E-state index contributed by atoms with van der Waals surface area (Å²) in [5.74, 6) is -0.737. The number of carbonyl (C=O) groups is 2. The van der Waals surface area contributed by atoms with E-state index in [1.54, 1.807) is 17.0 Å². The Hall–Kier alpha value is -1.95. The molecule has 1 aromatic rings. The topological polar surface area (TPSA) is 61.4 Å². The lowest BCUT2D eigenvalue weighted by atomic mass is 10.1. The van der Waals surface area contributed by atoms with Crippen molar-refractivity contribution in [3.8, 4) is 0 Å². The van der Waals surface area contributed by atoms with E-state index in [1.165, 1.54) is 12.1 Å². The van der Waals surface area contributed by atoms with Crippen molar-refractivity contribution >= 4 is 11.8 Å². The highest BCUT2D eigenvalue weighted by atomic mass is 19.1. The summed E-state index contributed by atoms with van der Waals surface area (Å²) in [7, 11) is 0. The normalized spacial score (nSPS) is 18.4. The van der Waals surface area contributed by atoms with Gasteiger partial charge in [-0.1, -0.05) is 12.1 Å². The van der Waals surface area contributed by atoms with Gasteiger partial charge in [0.15, 0.2) is 0 Å². The van der Waals surface area contributed by atoms with Gasteiger partial charge in [0.1, 0.15) is 5.82 Å². The zero-order chi connectivity index (χ0) is 15.2. The van der Waals surface area contributed by atoms with Crippen LogP contribution < -0.4 is 10.6 Å². The van der Waals surface area contributed by atoms with Crippen molar-refractivity contribution in [2.45, 2.75) is 19.4 Å². The molecule has 5 nitrogen and oxygen atoms in total. The molecule has 2 N–H and O–H groups in total. The third kappa shape index (κ3) is 4.53. The zero-order valence-corrected chi connectivity index (χ0v) is 12.1. The molecule has 1 fully saturated rings. The lowest BCUT2D eigenvalue weighted by molar-refractivity contribution is -0.135. The molecule has 114 valence electrons. The Balaban J connectivity index is 1.79. The molecule has 2 rings (SSSR count). The fourth-order valence-corrected chi connectivity index (χ4v) is 2.38. The minimum atomic E-state index is -0.369. The quantitative estimate of drug-likeness (QED) is 0.839. The first-order valence-corrected chi connectivity index (χ1v) is 7.07. The van der Waals surface area contributed by atoms with Crippen LogP contribution in [0.25, 0.3) is 0 Å². The molecule has 1 unspecified atom stereocenters. The van der Waals surface area contributed by atoms with Crippen molar-refractivity contribution in [1.29, 1.82) is 0 Å².